The van der Waals surface area contributed by atoms with Crippen LogP contribution in [0.4, 0.5) is 22.7 Å². The van der Waals surface area contributed by atoms with Gasteiger partial charge in [0.25, 0.3) is 11.4 Å². The molecule has 8 aromatic heterocycles. The lowest BCUT2D eigenvalue weighted by atomic mass is 10.1. The van der Waals surface area contributed by atoms with Gasteiger partial charge in [0.05, 0.1) is 150 Å². The van der Waals surface area contributed by atoms with Gasteiger partial charge in [0, 0.05) is 71.9 Å². The van der Waals surface area contributed by atoms with Crippen molar-refractivity contribution in [3.63, 3.8) is 0 Å². The fourth-order valence-electron chi connectivity index (χ4n) is 20.5. The number of benzene rings is 18. The molecule has 0 unspecified atom stereocenters. The average Bonchev–Trinajstić information content (AvgIpc) is 1.56. The van der Waals surface area contributed by atoms with E-state index in [0.717, 1.165) is 116 Å². The number of nitrogens with two attached hydrogens (primary N) is 2. The molecule has 4 N–H and O–H groups in total. The van der Waals surface area contributed by atoms with E-state index in [1.807, 2.05) is 267 Å². The standard InChI is InChI=1S/C56H34N8O6.C56H38N8O2/c65-55-59(37-27-29-45-41(31-37)39-19-7-9-21-43(39)57(45)35-15-3-1-4-16-35)47-23-11-13-25-49(47)61(55)51-33-52(54(64(69)70)34-53(51)63(67)68)62-50-26-14-12-24-48(50)60(56(62)66)38-28-30-46-42(32-38)40-20-8-10-22-44(40)58(46)36-17-5-2-6-18-36;57-43-33-44(58)54(64-52-26-14-12-24-50(52)62(56(64)66)38-28-30-48-42(32-38)40-20-8-10-22-46(40)60(48)36-17-5-2-6-18-36)34-53(43)63-51-25-13-11-23-49(51)61(55(63)65)37-27-29-47-41(31-37)39-19-7-9-21-45(39)59(47)35-15-3-1-4-16-35/h1-34H;1-34H,57-58H2. The normalized spacial score (nSPS) is 11.8. The maximum absolute atomic E-state index is 15.2. The highest BCUT2D eigenvalue weighted by molar-refractivity contribution is 6.14. The number of aromatic nitrogens is 12. The maximum Gasteiger partial charge on any atom is 0.338 e. The smallest absolute Gasteiger partial charge is 0.338 e. The third-order valence-electron chi connectivity index (χ3n) is 26.3. The quantitative estimate of drug-likeness (QED) is 0.0590. The minimum atomic E-state index is -0.748. The molecule has 648 valence electrons. The first-order chi connectivity index (χ1) is 66.7. The molecule has 24 heteroatoms. The number of hydrogen-bond donors (Lipinski definition) is 2. The van der Waals surface area contributed by atoms with Crippen LogP contribution in [-0.4, -0.2) is 64.7 Å². The van der Waals surface area contributed by atoms with Gasteiger partial charge in [0.15, 0.2) is 0 Å². The zero-order valence-electron chi connectivity index (χ0n) is 71.9. The van der Waals surface area contributed by atoms with E-state index in [9.17, 15) is 20.2 Å². The van der Waals surface area contributed by atoms with Crippen molar-refractivity contribution in [2.45, 2.75) is 0 Å². The average molecular weight is 1770 g/mol. The summed E-state index contributed by atoms with van der Waals surface area (Å²) in [4.78, 5) is 85.3. The zero-order valence-corrected chi connectivity index (χ0v) is 71.9. The van der Waals surface area contributed by atoms with Crippen molar-refractivity contribution in [1.29, 1.82) is 0 Å². The molecule has 26 aromatic rings. The van der Waals surface area contributed by atoms with Gasteiger partial charge in [-0.15, -0.1) is 0 Å². The van der Waals surface area contributed by atoms with Crippen LogP contribution < -0.4 is 34.2 Å². The van der Waals surface area contributed by atoms with Crippen LogP contribution >= 0.6 is 0 Å². The number of nitrogens with zero attached hydrogens (tertiary/aromatic N) is 14. The second-order valence-corrected chi connectivity index (χ2v) is 33.6. The van der Waals surface area contributed by atoms with Gasteiger partial charge in [-0.25, -0.2) is 19.2 Å². The summed E-state index contributed by atoms with van der Waals surface area (Å²) >= 11 is 0. The van der Waals surface area contributed by atoms with Crippen LogP contribution in [0.25, 0.3) is 200 Å². The Kier molecular flexibility index (Phi) is 17.8. The van der Waals surface area contributed by atoms with Crippen molar-refractivity contribution in [3.8, 4) is 68.2 Å². The lowest BCUT2D eigenvalue weighted by Crippen LogP contribution is -2.25. The van der Waals surface area contributed by atoms with Crippen molar-refractivity contribution in [2.75, 3.05) is 11.5 Å². The van der Waals surface area contributed by atoms with E-state index in [1.165, 1.54) is 24.3 Å². The highest BCUT2D eigenvalue weighted by atomic mass is 16.6. The van der Waals surface area contributed by atoms with Gasteiger partial charge in [0.2, 0.25) is 0 Å². The van der Waals surface area contributed by atoms with Gasteiger partial charge < -0.3 is 29.7 Å². The molecule has 0 saturated carbocycles. The van der Waals surface area contributed by atoms with Gasteiger partial charge in [-0.1, -0.05) is 194 Å². The highest BCUT2D eigenvalue weighted by Crippen LogP contribution is 2.44. The van der Waals surface area contributed by atoms with Crippen molar-refractivity contribution >= 4 is 154 Å². The summed E-state index contributed by atoms with van der Waals surface area (Å²) in [7, 11) is 0. The van der Waals surface area contributed by atoms with E-state index in [-0.39, 0.29) is 22.8 Å². The number of rotatable bonds is 14. The van der Waals surface area contributed by atoms with E-state index in [0.29, 0.717) is 89.6 Å². The first-order valence-electron chi connectivity index (χ1n) is 44.1. The summed E-state index contributed by atoms with van der Waals surface area (Å²) in [6.07, 6.45) is 0. The van der Waals surface area contributed by atoms with Gasteiger partial charge in [-0.05, 0) is 206 Å². The molecule has 0 fully saturated rings. The zero-order chi connectivity index (χ0) is 91.6. The number of imidazole rings is 4. The number of para-hydroxylation sites is 16. The lowest BCUT2D eigenvalue weighted by molar-refractivity contribution is -0.393. The largest absolute Gasteiger partial charge is 0.397 e. The van der Waals surface area contributed by atoms with Crippen LogP contribution in [0.5, 0.6) is 0 Å². The molecule has 0 spiro atoms. The minimum Gasteiger partial charge on any atom is -0.397 e. The van der Waals surface area contributed by atoms with Gasteiger partial charge in [-0.2, -0.15) is 0 Å². The molecule has 8 heterocycles. The van der Waals surface area contributed by atoms with Crippen LogP contribution in [0, 0.1) is 20.2 Å². The Balaban J connectivity index is 0.000000145. The van der Waals surface area contributed by atoms with E-state index >= 15 is 19.2 Å². The van der Waals surface area contributed by atoms with Crippen molar-refractivity contribution in [2.24, 2.45) is 0 Å². The molecule has 0 aliphatic carbocycles. The summed E-state index contributed by atoms with van der Waals surface area (Å²) in [5.74, 6) is 0. The first kappa shape index (κ1) is 78.9. The highest BCUT2D eigenvalue weighted by Gasteiger charge is 2.34. The maximum atomic E-state index is 15.2. The number of nitro benzene ring substituents is 2. The Bertz CT molecular complexity index is 9290. The van der Waals surface area contributed by atoms with Crippen LogP contribution in [-0.2, 0) is 0 Å². The Morgan fingerprint density at radius 2 is 0.360 bits per heavy atom. The Labute approximate surface area is 768 Å². The molecular weight excluding hydrogens is 1700 g/mol. The Morgan fingerprint density at radius 1 is 0.169 bits per heavy atom. The molecule has 0 aliphatic rings. The molecular formula is C112H72N16O8. The molecule has 24 nitrogen and oxygen atoms in total. The Hall–Kier alpha value is -19.4. The molecule has 136 heavy (non-hydrogen) atoms. The monoisotopic (exact) mass is 1770 g/mol. The third-order valence-corrected chi connectivity index (χ3v) is 26.3. The third kappa shape index (κ3) is 11.9. The van der Waals surface area contributed by atoms with Crippen molar-refractivity contribution in [3.05, 3.63) is 475 Å². The van der Waals surface area contributed by atoms with Crippen molar-refractivity contribution < 1.29 is 9.85 Å². The lowest BCUT2D eigenvalue weighted by Gasteiger charge is -2.14. The number of fused-ring (bicyclic) bond motifs is 16. The van der Waals surface area contributed by atoms with E-state index in [2.05, 4.69) is 91.1 Å². The fourth-order valence-corrected chi connectivity index (χ4v) is 20.5. The van der Waals surface area contributed by atoms with Gasteiger partial charge >= 0.3 is 22.8 Å². The predicted molar refractivity (Wildman–Crippen MR) is 542 cm³/mol. The van der Waals surface area contributed by atoms with Crippen LogP contribution in [0.15, 0.2) is 432 Å². The topological polar surface area (TPSA) is 266 Å². The predicted octanol–water partition coefficient (Wildman–Crippen LogP) is 23.1. The summed E-state index contributed by atoms with van der Waals surface area (Å²) in [5.41, 5.74) is 29.8. The minimum absolute atomic E-state index is 0.258. The molecule has 0 radical (unpaired) electrons. The van der Waals surface area contributed by atoms with Crippen LogP contribution in [0.1, 0.15) is 0 Å². The number of nitro groups is 2. The number of anilines is 2. The summed E-state index contributed by atoms with van der Waals surface area (Å²) < 4.78 is 20.8. The van der Waals surface area contributed by atoms with E-state index in [1.54, 1.807) is 78.9 Å². The molecule has 0 aliphatic heterocycles. The number of hydrogen-bond acceptors (Lipinski definition) is 10. The summed E-state index contributed by atoms with van der Waals surface area (Å²) in [5, 5.41) is 34.0. The molecule has 0 bridgehead atoms. The SMILES string of the molecule is Nc1cc(N)c(-n2c(=O)n(-c3ccc4c(c3)c3ccccc3n4-c3ccccc3)c3ccccc32)cc1-n1c(=O)n(-c2ccc3c(c2)c2ccccc2n3-c2ccccc2)c2ccccc21.O=c1n(-c2ccc3c(c2)c2ccccc2n3-c2ccccc2)c2ccccc2n1-c1cc(-n2c(=O)n(-c3ccc4c(c3)c3ccccc3n4-c3ccccc3)c3ccccc32)c([N+](=O)[O-])cc1[N+](=O)[O-]. The summed E-state index contributed by atoms with van der Waals surface area (Å²) in [6, 6.07) is 131. The van der Waals surface area contributed by atoms with Gasteiger partial charge in [-0.3, -0.25) is 56.8 Å². The molecule has 0 atom stereocenters. The summed E-state index contributed by atoms with van der Waals surface area (Å²) in [6.45, 7) is 0. The molecule has 0 saturated heterocycles. The van der Waals surface area contributed by atoms with Crippen LogP contribution in [0.2, 0.25) is 0 Å². The Morgan fingerprint density at radius 3 is 0.596 bits per heavy atom. The second-order valence-electron chi connectivity index (χ2n) is 33.6. The molecule has 26 rings (SSSR count). The first-order valence-corrected chi connectivity index (χ1v) is 44.1. The van der Waals surface area contributed by atoms with Crippen molar-refractivity contribution in [1.82, 2.24) is 54.8 Å². The van der Waals surface area contributed by atoms with Crippen LogP contribution in [0.3, 0.4) is 0 Å². The second kappa shape index (κ2) is 30.7. The number of nitrogen functional groups attached to an aromatic ring is 2. The van der Waals surface area contributed by atoms with E-state index in [4.69, 9.17) is 11.5 Å². The molecule has 0 amide bonds. The van der Waals surface area contributed by atoms with E-state index < -0.39 is 32.6 Å². The fraction of sp³-hybridized carbons (Fsp3) is 0. The molecule has 18 aromatic carbocycles. The van der Waals surface area contributed by atoms with Gasteiger partial charge in [0.1, 0.15) is 11.4 Å².